The van der Waals surface area contributed by atoms with Gasteiger partial charge in [0.15, 0.2) is 17.5 Å². The first-order valence-corrected chi connectivity index (χ1v) is 33.4. The largest absolute Gasteiger partial charge is 0.426 e. The van der Waals surface area contributed by atoms with Gasteiger partial charge in [-0.1, -0.05) is 342 Å². The fourth-order valence-corrected chi connectivity index (χ4v) is 7.38. The highest BCUT2D eigenvalue weighted by atomic mass is 16.7. The summed E-state index contributed by atoms with van der Waals surface area (Å²) in [5, 5.41) is 2.35. The van der Waals surface area contributed by atoms with Crippen LogP contribution < -0.4 is 10.9 Å². The topological polar surface area (TPSA) is 69.2 Å². The summed E-state index contributed by atoms with van der Waals surface area (Å²) in [4.78, 5) is 21.2. The van der Waals surface area contributed by atoms with E-state index in [1.807, 2.05) is 241 Å². The van der Waals surface area contributed by atoms with Crippen LogP contribution in [0, 0.1) is 10.8 Å². The molecule has 0 amide bonds. The molecule has 8 rings (SSSR count). The highest BCUT2D eigenvalue weighted by Gasteiger charge is 2.50. The van der Waals surface area contributed by atoms with Gasteiger partial charge in [-0.3, -0.25) is 10.3 Å². The number of anilines is 1. The normalized spacial score (nSPS) is 11.4. The van der Waals surface area contributed by atoms with Crippen molar-refractivity contribution in [2.45, 2.75) is 260 Å². The fourth-order valence-electron chi connectivity index (χ4n) is 7.38. The molecule has 0 bridgehead atoms. The Balaban J connectivity index is -0.000000518. The first-order chi connectivity index (χ1) is 40.6. The third-order valence-corrected chi connectivity index (χ3v) is 12.7. The monoisotopic (exact) mass is 1160 g/mol. The van der Waals surface area contributed by atoms with Gasteiger partial charge >= 0.3 is 6.92 Å². The van der Waals surface area contributed by atoms with Crippen LogP contribution in [0.2, 0.25) is 6.32 Å². The quantitative estimate of drug-likeness (QED) is 0.115. The van der Waals surface area contributed by atoms with Gasteiger partial charge in [0.05, 0.1) is 16.9 Å². The van der Waals surface area contributed by atoms with E-state index in [0.717, 1.165) is 56.4 Å². The molecule has 0 atom stereocenters. The molecule has 0 unspecified atom stereocenters. The number of hydrogen-bond acceptors (Lipinski definition) is 6. The molecule has 84 heavy (non-hydrogen) atoms. The minimum absolute atomic E-state index is 0.0216. The van der Waals surface area contributed by atoms with E-state index in [9.17, 15) is 0 Å². The predicted molar refractivity (Wildman–Crippen MR) is 389 cm³/mol. The van der Waals surface area contributed by atoms with E-state index in [2.05, 4.69) is 147 Å². The Bertz CT molecular complexity index is 2510. The summed E-state index contributed by atoms with van der Waals surface area (Å²) in [6.07, 6.45) is 0.929. The first kappa shape index (κ1) is 89.6. The summed E-state index contributed by atoms with van der Waals surface area (Å²) in [5.41, 5.74) is 12.0. The number of nitrogens with zero attached hydrogens (tertiary/aromatic N) is 3. The van der Waals surface area contributed by atoms with E-state index in [-0.39, 0.29) is 23.3 Å². The molecule has 1 fully saturated rings. The van der Waals surface area contributed by atoms with Gasteiger partial charge in [-0.05, 0) is 95.5 Å². The Morgan fingerprint density at radius 3 is 1.05 bits per heavy atom. The van der Waals surface area contributed by atoms with Gasteiger partial charge in [-0.25, -0.2) is 15.0 Å². The van der Waals surface area contributed by atoms with Crippen molar-refractivity contribution in [2.75, 3.05) is 5.48 Å². The van der Waals surface area contributed by atoms with Crippen molar-refractivity contribution in [3.05, 3.63) is 140 Å². The van der Waals surface area contributed by atoms with Crippen LogP contribution in [0.3, 0.4) is 0 Å². The van der Waals surface area contributed by atoms with Crippen molar-refractivity contribution in [2.24, 2.45) is 10.8 Å². The predicted octanol–water partition coefficient (Wildman–Crippen LogP) is 25.9. The Kier molecular flexibility index (Phi) is 55.2. The standard InChI is InChI=1S/C51H53BN4O2.13C2H6/c1-48(2,3)50(6,7)58-56-40-31-38(30-39(32-40)52-33-49(4,5)51(8,9)57-52)42-29-28-41(43-22-16-17-23-44(42)43)34-24-26-37(27-25-34)47-54-45(35-18-12-10-13-19-35)53-46(55-47)36-20-14-11-15-21-36;13*1-2/h10-32,56H,33H2,1-9H3;13*1-2H3. The lowest BCUT2D eigenvalue weighted by Gasteiger charge is -2.38. The molecule has 6 aromatic carbocycles. The third kappa shape index (κ3) is 27.2. The lowest BCUT2D eigenvalue weighted by molar-refractivity contribution is -0.0631. The molecule has 1 N–H and O–H groups in total. The Hall–Kier alpha value is -5.63. The van der Waals surface area contributed by atoms with Crippen molar-refractivity contribution in [3.63, 3.8) is 0 Å². The minimum atomic E-state index is -0.418. The van der Waals surface area contributed by atoms with Crippen molar-refractivity contribution < 1.29 is 9.49 Å². The maximum atomic E-state index is 6.78. The number of rotatable bonds is 9. The zero-order chi connectivity index (χ0) is 66.9. The number of aromatic nitrogens is 3. The van der Waals surface area contributed by atoms with Crippen LogP contribution in [0.5, 0.6) is 0 Å². The zero-order valence-electron chi connectivity index (χ0n) is 61.2. The van der Waals surface area contributed by atoms with Gasteiger partial charge in [0.25, 0.3) is 0 Å². The molecule has 1 aliphatic heterocycles. The van der Waals surface area contributed by atoms with Crippen LogP contribution in [0.15, 0.2) is 140 Å². The molecule has 6 nitrogen and oxygen atoms in total. The van der Waals surface area contributed by atoms with E-state index in [1.165, 1.54) is 10.8 Å². The molecule has 0 radical (unpaired) electrons. The summed E-state index contributed by atoms with van der Waals surface area (Å²) in [6, 6.07) is 48.6. The number of fused-ring (bicyclic) bond motifs is 1. The third-order valence-electron chi connectivity index (χ3n) is 12.7. The van der Waals surface area contributed by atoms with E-state index < -0.39 is 5.60 Å². The Morgan fingerprint density at radius 1 is 0.393 bits per heavy atom. The molecule has 0 saturated carbocycles. The Morgan fingerprint density at radius 2 is 0.714 bits per heavy atom. The molecule has 7 aromatic rings. The van der Waals surface area contributed by atoms with Gasteiger partial charge in [0, 0.05) is 16.7 Å². The molecule has 2 heterocycles. The van der Waals surface area contributed by atoms with E-state index in [1.54, 1.807) is 0 Å². The summed E-state index contributed by atoms with van der Waals surface area (Å²) in [7, 11) is 0. The van der Waals surface area contributed by atoms with Gasteiger partial charge in [0.1, 0.15) is 0 Å². The number of benzene rings is 6. The summed E-state index contributed by atoms with van der Waals surface area (Å²) < 4.78 is 6.78. The molecule has 0 aliphatic carbocycles. The summed E-state index contributed by atoms with van der Waals surface area (Å²) >= 11 is 0. The van der Waals surface area contributed by atoms with Crippen molar-refractivity contribution >= 4 is 28.8 Å². The molecule has 1 aromatic heterocycles. The van der Waals surface area contributed by atoms with Gasteiger partial charge in [-0.2, -0.15) is 0 Å². The van der Waals surface area contributed by atoms with Crippen LogP contribution in [0.25, 0.3) is 67.2 Å². The fraction of sp³-hybridized carbons (Fsp3) is 0.519. The average molecular weight is 1160 g/mol. The van der Waals surface area contributed by atoms with E-state index in [0.29, 0.717) is 17.5 Å². The van der Waals surface area contributed by atoms with Crippen LogP contribution >= 0.6 is 0 Å². The number of hydrogen-bond donors (Lipinski definition) is 1. The molecule has 1 aliphatic rings. The van der Waals surface area contributed by atoms with E-state index in [4.69, 9.17) is 24.4 Å². The van der Waals surface area contributed by atoms with Gasteiger partial charge < -0.3 is 4.65 Å². The molecular weight excluding hydrogens is 1020 g/mol. The molecule has 0 spiro atoms. The van der Waals surface area contributed by atoms with Gasteiger partial charge in [-0.15, -0.1) is 0 Å². The highest BCUT2D eigenvalue weighted by Crippen LogP contribution is 2.46. The second-order valence-corrected chi connectivity index (χ2v) is 18.3. The maximum absolute atomic E-state index is 6.78. The average Bonchev–Trinajstić information content (AvgIpc) is 3.94. The van der Waals surface area contributed by atoms with Gasteiger partial charge in [0.2, 0.25) is 0 Å². The smallest absolute Gasteiger partial charge is 0.328 e. The van der Waals surface area contributed by atoms with Crippen LogP contribution in [0.1, 0.15) is 242 Å². The number of nitrogens with one attached hydrogen (secondary N) is 1. The maximum Gasteiger partial charge on any atom is 0.328 e. The van der Waals surface area contributed by atoms with Crippen LogP contribution in [0.4, 0.5) is 5.69 Å². The van der Waals surface area contributed by atoms with Crippen molar-refractivity contribution in [1.29, 1.82) is 0 Å². The first-order valence-electron chi connectivity index (χ1n) is 33.4. The molecule has 1 saturated heterocycles. The molecular formula is C77H131BN4O2. The Labute approximate surface area is 522 Å². The second-order valence-electron chi connectivity index (χ2n) is 18.3. The lowest BCUT2D eigenvalue weighted by atomic mass is 9.54. The second kappa shape index (κ2) is 51.8. The lowest BCUT2D eigenvalue weighted by Crippen LogP contribution is -2.41. The van der Waals surface area contributed by atoms with E-state index >= 15 is 0 Å². The molecule has 474 valence electrons. The van der Waals surface area contributed by atoms with Crippen molar-refractivity contribution in [3.8, 4) is 56.4 Å². The highest BCUT2D eigenvalue weighted by molar-refractivity contribution is 6.68. The summed E-state index contributed by atoms with van der Waals surface area (Å²) in [6.45, 7) is 71.8. The zero-order valence-corrected chi connectivity index (χ0v) is 61.2. The van der Waals surface area contributed by atoms with Crippen LogP contribution in [-0.4, -0.2) is 33.1 Å². The van der Waals surface area contributed by atoms with Crippen LogP contribution in [-0.2, 0) is 9.49 Å². The summed E-state index contributed by atoms with van der Waals surface area (Å²) in [5.74, 6) is 1.93. The SMILES string of the molecule is CC.CC.CC.CC.CC.CC.CC.CC.CC.CC.CC.CC.CC.CC(C)(C)C(C)(C)ONc1cc(B2CC(C)(C)C(C)(C)O2)cc(-c2ccc(-c3ccc(-c4nc(-c5ccccc5)nc(-c5ccccc5)n4)cc3)c3ccccc23)c1. The van der Waals surface area contributed by atoms with Crippen molar-refractivity contribution in [1.82, 2.24) is 15.0 Å². The molecule has 7 heteroatoms. The minimum Gasteiger partial charge on any atom is -0.426 e.